The molecular weight excluding hydrogens is 341 g/mol. The van der Waals surface area contributed by atoms with Gasteiger partial charge >= 0.3 is 0 Å². The summed E-state index contributed by atoms with van der Waals surface area (Å²) in [5.41, 5.74) is 1.04. The molecule has 2 aromatic carbocycles. The lowest BCUT2D eigenvalue weighted by Crippen LogP contribution is -2.37. The average Bonchev–Trinajstić information content (AvgIpc) is 2.50. The van der Waals surface area contributed by atoms with Gasteiger partial charge in [-0.1, -0.05) is 17.7 Å². The summed E-state index contributed by atoms with van der Waals surface area (Å²) in [7, 11) is -3.88. The minimum atomic E-state index is -3.88. The van der Waals surface area contributed by atoms with Crippen LogP contribution in [0.5, 0.6) is 0 Å². The minimum Gasteiger partial charge on any atom is -0.294 e. The predicted molar refractivity (Wildman–Crippen MR) is 86.1 cm³/mol. The van der Waals surface area contributed by atoms with Crippen molar-refractivity contribution >= 4 is 33.1 Å². The highest BCUT2D eigenvalue weighted by Crippen LogP contribution is 2.33. The zero-order valence-corrected chi connectivity index (χ0v) is 13.8. The van der Waals surface area contributed by atoms with Crippen LogP contribution in [0, 0.1) is 12.7 Å². The van der Waals surface area contributed by atoms with Crippen LogP contribution in [-0.4, -0.2) is 20.7 Å². The van der Waals surface area contributed by atoms with Crippen LogP contribution in [0.4, 0.5) is 10.1 Å². The molecule has 0 saturated heterocycles. The van der Waals surface area contributed by atoms with Crippen molar-refractivity contribution in [1.29, 1.82) is 0 Å². The van der Waals surface area contributed by atoms with Gasteiger partial charge in [0.05, 0.1) is 10.6 Å². The van der Waals surface area contributed by atoms with E-state index >= 15 is 0 Å². The number of hydrogen-bond donors (Lipinski definition) is 0. The highest BCUT2D eigenvalue weighted by Gasteiger charge is 2.32. The summed E-state index contributed by atoms with van der Waals surface area (Å²) in [6.45, 7) is 1.79. The number of nitrogens with zero attached hydrogens (tertiary/aromatic N) is 1. The highest BCUT2D eigenvalue weighted by molar-refractivity contribution is 7.92. The Kier molecular flexibility index (Phi) is 3.90. The number of sulfonamides is 1. The molecule has 0 fully saturated rings. The maximum Gasteiger partial charge on any atom is 0.264 e. The fourth-order valence-electron chi connectivity index (χ4n) is 2.52. The summed E-state index contributed by atoms with van der Waals surface area (Å²) in [4.78, 5) is 12.0. The number of halogens is 2. The van der Waals surface area contributed by atoms with Crippen molar-refractivity contribution in [2.75, 3.05) is 10.8 Å². The van der Waals surface area contributed by atoms with E-state index in [4.69, 9.17) is 11.6 Å². The summed E-state index contributed by atoms with van der Waals surface area (Å²) in [5.74, 6) is -0.845. The number of carbonyl (C=O) groups is 1. The van der Waals surface area contributed by atoms with Gasteiger partial charge < -0.3 is 0 Å². The Hall–Kier alpha value is -1.92. The first-order chi connectivity index (χ1) is 10.8. The van der Waals surface area contributed by atoms with E-state index in [1.807, 2.05) is 0 Å². The number of anilines is 1. The van der Waals surface area contributed by atoms with Gasteiger partial charge in [-0.2, -0.15) is 0 Å². The Morgan fingerprint density at radius 1 is 1.17 bits per heavy atom. The van der Waals surface area contributed by atoms with Crippen molar-refractivity contribution in [2.45, 2.75) is 18.2 Å². The first kappa shape index (κ1) is 16.0. The van der Waals surface area contributed by atoms with E-state index in [0.717, 1.165) is 22.0 Å². The van der Waals surface area contributed by atoms with Crippen LogP contribution < -0.4 is 4.31 Å². The second-order valence-electron chi connectivity index (χ2n) is 5.32. The lowest BCUT2D eigenvalue weighted by molar-refractivity contribution is 0.0981. The molecule has 0 N–H and O–H groups in total. The molecule has 1 aliphatic rings. The van der Waals surface area contributed by atoms with Crippen LogP contribution in [-0.2, 0) is 10.0 Å². The number of carbonyl (C=O) groups excluding carboxylic acids is 1. The predicted octanol–water partition coefficient (Wildman–Crippen LogP) is 3.57. The molecule has 0 aliphatic carbocycles. The molecule has 0 radical (unpaired) electrons. The molecule has 2 aromatic rings. The highest BCUT2D eigenvalue weighted by atomic mass is 35.5. The van der Waals surface area contributed by atoms with Gasteiger partial charge in [-0.25, -0.2) is 12.8 Å². The Morgan fingerprint density at radius 2 is 1.91 bits per heavy atom. The summed E-state index contributed by atoms with van der Waals surface area (Å²) >= 11 is 6.02. The number of ketones is 1. The molecule has 1 heterocycles. The first-order valence-electron chi connectivity index (χ1n) is 6.92. The monoisotopic (exact) mass is 353 g/mol. The molecule has 0 atom stereocenters. The zero-order chi connectivity index (χ0) is 16.8. The standard InChI is InChI=1S/C16H13ClFNO3S/c1-10-2-4-12(9-14(10)17)23(21,22)19-7-6-16(20)13-8-11(18)3-5-15(13)19/h2-5,8-9H,6-7H2,1H3. The van der Waals surface area contributed by atoms with E-state index in [0.29, 0.717) is 5.02 Å². The van der Waals surface area contributed by atoms with Crippen molar-refractivity contribution in [1.82, 2.24) is 0 Å². The summed E-state index contributed by atoms with van der Waals surface area (Å²) < 4.78 is 40.2. The SMILES string of the molecule is Cc1ccc(S(=O)(=O)N2CCC(=O)c3cc(F)ccc32)cc1Cl. The van der Waals surface area contributed by atoms with E-state index in [9.17, 15) is 17.6 Å². The maximum absolute atomic E-state index is 13.4. The fraction of sp³-hybridized carbons (Fsp3) is 0.188. The van der Waals surface area contributed by atoms with Crippen LogP contribution in [0.15, 0.2) is 41.3 Å². The van der Waals surface area contributed by atoms with Crippen LogP contribution in [0.3, 0.4) is 0 Å². The summed E-state index contributed by atoms with van der Waals surface area (Å²) in [6.07, 6.45) is 0.00920. The third-order valence-corrected chi connectivity index (χ3v) is 6.02. The van der Waals surface area contributed by atoms with Crippen molar-refractivity contribution in [3.63, 3.8) is 0 Å². The molecule has 0 saturated carbocycles. The second kappa shape index (κ2) is 5.62. The number of aryl methyl sites for hydroxylation is 1. The van der Waals surface area contributed by atoms with Gasteiger partial charge in [0, 0.05) is 23.6 Å². The molecular formula is C16H13ClFNO3S. The molecule has 0 bridgehead atoms. The Balaban J connectivity index is 2.13. The normalized spacial score (nSPS) is 14.7. The van der Waals surface area contributed by atoms with Crippen molar-refractivity contribution in [3.05, 3.63) is 58.4 Å². The Labute approximate surface area is 138 Å². The van der Waals surface area contributed by atoms with Crippen LogP contribution in [0.1, 0.15) is 22.3 Å². The lowest BCUT2D eigenvalue weighted by atomic mass is 10.0. The molecule has 1 aliphatic heterocycles. The number of hydrogen-bond acceptors (Lipinski definition) is 3. The second-order valence-corrected chi connectivity index (χ2v) is 7.59. The van der Waals surface area contributed by atoms with E-state index in [-0.39, 0.29) is 34.9 Å². The van der Waals surface area contributed by atoms with E-state index < -0.39 is 15.8 Å². The van der Waals surface area contributed by atoms with Crippen LogP contribution >= 0.6 is 11.6 Å². The topological polar surface area (TPSA) is 54.5 Å². The molecule has 7 heteroatoms. The van der Waals surface area contributed by atoms with Gasteiger partial charge in [-0.05, 0) is 42.8 Å². The van der Waals surface area contributed by atoms with Gasteiger partial charge in [0.2, 0.25) is 0 Å². The molecule has 120 valence electrons. The number of Topliss-reactive ketones (excluding diaryl/α,β-unsaturated/α-hetero) is 1. The molecule has 4 nitrogen and oxygen atoms in total. The number of rotatable bonds is 2. The molecule has 23 heavy (non-hydrogen) atoms. The molecule has 0 aromatic heterocycles. The molecule has 0 amide bonds. The smallest absolute Gasteiger partial charge is 0.264 e. The van der Waals surface area contributed by atoms with Crippen molar-refractivity contribution in [2.24, 2.45) is 0 Å². The van der Waals surface area contributed by atoms with Gasteiger partial charge in [0.25, 0.3) is 10.0 Å². The average molecular weight is 354 g/mol. The zero-order valence-electron chi connectivity index (χ0n) is 12.2. The van der Waals surface area contributed by atoms with E-state index in [1.54, 1.807) is 13.0 Å². The Morgan fingerprint density at radius 3 is 2.61 bits per heavy atom. The fourth-order valence-corrected chi connectivity index (χ4v) is 4.27. The van der Waals surface area contributed by atoms with Gasteiger partial charge in [0.1, 0.15) is 5.82 Å². The molecule has 0 spiro atoms. The van der Waals surface area contributed by atoms with Crippen LogP contribution in [0.2, 0.25) is 5.02 Å². The Bertz CT molecular complexity index is 912. The molecule has 3 rings (SSSR count). The minimum absolute atomic E-state index is 0.00920. The third-order valence-electron chi connectivity index (χ3n) is 3.80. The third kappa shape index (κ3) is 2.72. The van der Waals surface area contributed by atoms with Gasteiger partial charge in [0.15, 0.2) is 5.78 Å². The first-order valence-corrected chi connectivity index (χ1v) is 8.74. The summed E-state index contributed by atoms with van der Waals surface area (Å²) in [5, 5.41) is 0.346. The number of benzene rings is 2. The van der Waals surface area contributed by atoms with Gasteiger partial charge in [-0.15, -0.1) is 0 Å². The largest absolute Gasteiger partial charge is 0.294 e. The van der Waals surface area contributed by atoms with Crippen LogP contribution in [0.25, 0.3) is 0 Å². The maximum atomic E-state index is 13.4. The van der Waals surface area contributed by atoms with E-state index in [1.165, 1.54) is 18.2 Å². The number of fused-ring (bicyclic) bond motifs is 1. The van der Waals surface area contributed by atoms with Crippen molar-refractivity contribution in [3.8, 4) is 0 Å². The van der Waals surface area contributed by atoms with Gasteiger partial charge in [-0.3, -0.25) is 9.10 Å². The van der Waals surface area contributed by atoms with Crippen molar-refractivity contribution < 1.29 is 17.6 Å². The summed E-state index contributed by atoms with van der Waals surface area (Å²) in [6, 6.07) is 8.00. The van der Waals surface area contributed by atoms with E-state index in [2.05, 4.69) is 0 Å². The quantitative estimate of drug-likeness (QED) is 0.829. The molecule has 0 unspecified atom stereocenters. The lowest BCUT2D eigenvalue weighted by Gasteiger charge is -2.29.